The van der Waals surface area contributed by atoms with Crippen LogP contribution < -0.4 is 0 Å². The van der Waals surface area contributed by atoms with E-state index in [-0.39, 0.29) is 0 Å². The fraction of sp³-hybridized carbons (Fsp3) is 0.667. The third-order valence-corrected chi connectivity index (χ3v) is 3.48. The van der Waals surface area contributed by atoms with E-state index in [0.717, 1.165) is 30.8 Å². The Hall–Kier alpha value is -1.00. The van der Waals surface area contributed by atoms with Gasteiger partial charge in [0, 0.05) is 24.6 Å². The summed E-state index contributed by atoms with van der Waals surface area (Å²) in [6, 6.07) is 1.86. The summed E-state index contributed by atoms with van der Waals surface area (Å²) in [6.07, 6.45) is 4.82. The van der Waals surface area contributed by atoms with E-state index in [0.29, 0.717) is 17.5 Å². The quantitative estimate of drug-likeness (QED) is 0.635. The highest BCUT2D eigenvalue weighted by Crippen LogP contribution is 2.24. The topological polar surface area (TPSA) is 46.1 Å². The Kier molecular flexibility index (Phi) is 7.70. The van der Waals surface area contributed by atoms with Crippen LogP contribution in [-0.4, -0.2) is 41.3 Å². The molecule has 2 rings (SSSR count). The number of likely N-dealkylation sites (N-methyl/N-ethyl adjacent to an activating group) is 1. The summed E-state index contributed by atoms with van der Waals surface area (Å²) in [7, 11) is 2.15. The number of aryl methyl sites for hydroxylation is 1. The number of hydrogen-bond acceptors (Lipinski definition) is 4. The van der Waals surface area contributed by atoms with E-state index in [1.165, 1.54) is 19.4 Å². The van der Waals surface area contributed by atoms with Crippen molar-refractivity contribution in [3.05, 3.63) is 22.7 Å². The average Bonchev–Trinajstić information content (AvgIpc) is 2.47. The largest absolute Gasteiger partial charge is 0.306 e. The van der Waals surface area contributed by atoms with Crippen LogP contribution in [0.4, 0.5) is 0 Å². The number of piperidine rings is 1. The Labute approximate surface area is 126 Å². The summed E-state index contributed by atoms with van der Waals surface area (Å²) in [4.78, 5) is 20.5. The second-order valence-electron chi connectivity index (χ2n) is 5.07. The van der Waals surface area contributed by atoms with Gasteiger partial charge in [-0.05, 0) is 38.9 Å². The number of halogens is 1. The van der Waals surface area contributed by atoms with E-state index in [1.807, 2.05) is 13.0 Å². The summed E-state index contributed by atoms with van der Waals surface area (Å²) in [5.41, 5.74) is 1.04. The maximum Gasteiger partial charge on any atom is 0.134 e. The summed E-state index contributed by atoms with van der Waals surface area (Å²) in [5, 5.41) is 0.579. The number of nitrogens with zero attached hydrogens (tertiary/aromatic N) is 3. The molecule has 112 valence electrons. The molecule has 0 radical (unpaired) electrons. The van der Waals surface area contributed by atoms with Crippen molar-refractivity contribution < 1.29 is 4.79 Å². The zero-order chi connectivity index (χ0) is 15.0. The van der Waals surface area contributed by atoms with Crippen molar-refractivity contribution in [3.63, 3.8) is 0 Å². The van der Waals surface area contributed by atoms with Gasteiger partial charge in [0.1, 0.15) is 17.3 Å². The molecule has 0 N–H and O–H groups in total. The van der Waals surface area contributed by atoms with E-state index in [4.69, 9.17) is 11.6 Å². The number of rotatable bonds is 3. The number of likely N-dealkylation sites (tertiary alicyclic amines) is 1. The van der Waals surface area contributed by atoms with Gasteiger partial charge >= 0.3 is 0 Å². The van der Waals surface area contributed by atoms with Crippen LogP contribution >= 0.6 is 11.6 Å². The number of hydrogen-bond donors (Lipinski definition) is 0. The van der Waals surface area contributed by atoms with Gasteiger partial charge in [-0.2, -0.15) is 0 Å². The first kappa shape index (κ1) is 17.1. The lowest BCUT2D eigenvalue weighted by Gasteiger charge is -2.28. The van der Waals surface area contributed by atoms with Gasteiger partial charge in [-0.25, -0.2) is 9.97 Å². The molecule has 1 fully saturated rings. The van der Waals surface area contributed by atoms with Gasteiger partial charge in [0.2, 0.25) is 0 Å². The Bertz CT molecular complexity index is 426. The maximum absolute atomic E-state index is 9.17. The lowest BCUT2D eigenvalue weighted by atomic mass is 9.97. The fourth-order valence-electron chi connectivity index (χ4n) is 2.22. The van der Waals surface area contributed by atoms with Crippen LogP contribution in [0.2, 0.25) is 5.15 Å². The van der Waals surface area contributed by atoms with Crippen LogP contribution in [0, 0.1) is 0 Å². The Balaban J connectivity index is 0.000000444. The Morgan fingerprint density at radius 3 is 2.70 bits per heavy atom. The standard InChI is InChI=1S/C12H18ClN3.C3H6O/c1-3-10-7-11(13)15-12(14-10)9-5-4-6-16(2)8-9;1-2-3-4/h7,9H,3-6,8H2,1-2H3;3H,2H2,1H3. The van der Waals surface area contributed by atoms with Crippen LogP contribution in [0.3, 0.4) is 0 Å². The number of aromatic nitrogens is 2. The zero-order valence-electron chi connectivity index (χ0n) is 12.6. The van der Waals surface area contributed by atoms with Crippen molar-refractivity contribution in [2.75, 3.05) is 20.1 Å². The van der Waals surface area contributed by atoms with E-state index < -0.39 is 0 Å². The number of aldehydes is 1. The minimum Gasteiger partial charge on any atom is -0.306 e. The molecule has 0 amide bonds. The molecule has 0 bridgehead atoms. The predicted octanol–water partition coefficient (Wildman–Crippen LogP) is 3.10. The molecule has 5 heteroatoms. The van der Waals surface area contributed by atoms with Gasteiger partial charge in [0.25, 0.3) is 0 Å². The molecule has 1 unspecified atom stereocenters. The van der Waals surface area contributed by atoms with Crippen molar-refractivity contribution in [2.24, 2.45) is 0 Å². The first-order valence-corrected chi connectivity index (χ1v) is 7.64. The summed E-state index contributed by atoms with van der Waals surface area (Å²) in [5.74, 6) is 1.37. The second kappa shape index (κ2) is 9.03. The molecule has 4 nitrogen and oxygen atoms in total. The van der Waals surface area contributed by atoms with Crippen molar-refractivity contribution in [1.82, 2.24) is 14.9 Å². The molecular formula is C15H24ClN3O. The first-order chi connectivity index (χ1) is 9.60. The normalized spacial score (nSPS) is 19.1. The molecule has 0 aromatic carbocycles. The third kappa shape index (κ3) is 5.55. The Morgan fingerprint density at radius 1 is 1.45 bits per heavy atom. The molecule has 1 aromatic rings. The van der Waals surface area contributed by atoms with Crippen LogP contribution in [0.1, 0.15) is 50.5 Å². The minimum atomic E-state index is 0.447. The highest BCUT2D eigenvalue weighted by atomic mass is 35.5. The fourth-order valence-corrected chi connectivity index (χ4v) is 2.44. The van der Waals surface area contributed by atoms with Gasteiger partial charge in [0.15, 0.2) is 0 Å². The van der Waals surface area contributed by atoms with Crippen LogP contribution in [-0.2, 0) is 11.2 Å². The SMILES string of the molecule is CCC=O.CCc1cc(Cl)nc(C2CCCN(C)C2)n1. The molecular weight excluding hydrogens is 274 g/mol. The van der Waals surface area contributed by atoms with Crippen LogP contribution in [0.25, 0.3) is 0 Å². The molecule has 20 heavy (non-hydrogen) atoms. The number of carbonyl (C=O) groups excluding carboxylic acids is 1. The molecule has 0 saturated carbocycles. The van der Waals surface area contributed by atoms with Crippen molar-refractivity contribution >= 4 is 17.9 Å². The van der Waals surface area contributed by atoms with Crippen molar-refractivity contribution in [1.29, 1.82) is 0 Å². The van der Waals surface area contributed by atoms with Gasteiger partial charge in [-0.15, -0.1) is 0 Å². The van der Waals surface area contributed by atoms with Crippen LogP contribution in [0.15, 0.2) is 6.07 Å². The predicted molar refractivity (Wildman–Crippen MR) is 82.2 cm³/mol. The van der Waals surface area contributed by atoms with Gasteiger partial charge < -0.3 is 9.69 Å². The lowest BCUT2D eigenvalue weighted by Crippen LogP contribution is -2.31. The average molecular weight is 298 g/mol. The summed E-state index contributed by atoms with van der Waals surface area (Å²) >= 11 is 6.02. The van der Waals surface area contributed by atoms with Gasteiger partial charge in [-0.3, -0.25) is 0 Å². The highest BCUT2D eigenvalue weighted by molar-refractivity contribution is 6.29. The molecule has 1 aromatic heterocycles. The maximum atomic E-state index is 9.17. The van der Waals surface area contributed by atoms with E-state index in [9.17, 15) is 4.79 Å². The molecule has 1 saturated heterocycles. The van der Waals surface area contributed by atoms with Gasteiger partial charge in [-0.1, -0.05) is 25.4 Å². The summed E-state index contributed by atoms with van der Waals surface area (Å²) in [6.45, 7) is 6.13. The summed E-state index contributed by atoms with van der Waals surface area (Å²) < 4.78 is 0. The smallest absolute Gasteiger partial charge is 0.134 e. The highest BCUT2D eigenvalue weighted by Gasteiger charge is 2.21. The van der Waals surface area contributed by atoms with Gasteiger partial charge in [0.05, 0.1) is 0 Å². The molecule has 1 aliphatic rings. The third-order valence-electron chi connectivity index (χ3n) is 3.28. The minimum absolute atomic E-state index is 0.447. The monoisotopic (exact) mass is 297 g/mol. The van der Waals surface area contributed by atoms with E-state index in [1.54, 1.807) is 0 Å². The molecule has 0 aliphatic carbocycles. The molecule has 1 atom stereocenters. The number of carbonyl (C=O) groups is 1. The molecule has 0 spiro atoms. The van der Waals surface area contributed by atoms with Crippen molar-refractivity contribution in [3.8, 4) is 0 Å². The lowest BCUT2D eigenvalue weighted by molar-refractivity contribution is -0.107. The molecule has 2 heterocycles. The van der Waals surface area contributed by atoms with E-state index >= 15 is 0 Å². The van der Waals surface area contributed by atoms with E-state index in [2.05, 4.69) is 28.8 Å². The van der Waals surface area contributed by atoms with Crippen molar-refractivity contribution in [2.45, 2.75) is 45.4 Å². The Morgan fingerprint density at radius 2 is 2.15 bits per heavy atom. The first-order valence-electron chi connectivity index (χ1n) is 7.26. The zero-order valence-corrected chi connectivity index (χ0v) is 13.4. The molecule has 1 aliphatic heterocycles. The second-order valence-corrected chi connectivity index (χ2v) is 5.46. The van der Waals surface area contributed by atoms with Crippen LogP contribution in [0.5, 0.6) is 0 Å².